The van der Waals surface area contributed by atoms with Crippen LogP contribution in [0.1, 0.15) is 31.9 Å². The minimum absolute atomic E-state index is 0.0727. The largest absolute Gasteiger partial charge is 0.433 e. The molecule has 0 saturated carbocycles. The molecule has 0 bridgehead atoms. The number of hydrogen-bond donors (Lipinski definition) is 1. The lowest BCUT2D eigenvalue weighted by Gasteiger charge is -2.13. The second kappa shape index (κ2) is 9.74. The van der Waals surface area contributed by atoms with Gasteiger partial charge >= 0.3 is 6.61 Å². The Kier molecular flexibility index (Phi) is 8.80. The Labute approximate surface area is 133 Å². The lowest BCUT2D eigenvalue weighted by atomic mass is 9.98. The molecule has 4 nitrogen and oxygen atoms in total. The minimum atomic E-state index is -3.05. The van der Waals surface area contributed by atoms with Crippen molar-refractivity contribution in [3.8, 4) is 11.8 Å². The molecule has 0 saturated heterocycles. The van der Waals surface area contributed by atoms with Crippen molar-refractivity contribution >= 4 is 17.3 Å². The van der Waals surface area contributed by atoms with Gasteiger partial charge in [0.15, 0.2) is 0 Å². The molecule has 1 aromatic carbocycles. The Morgan fingerprint density at radius 1 is 1.45 bits per heavy atom. The van der Waals surface area contributed by atoms with E-state index in [0.29, 0.717) is 11.3 Å². The molecule has 0 spiro atoms. The molecule has 0 amide bonds. The molecule has 1 rings (SSSR count). The van der Waals surface area contributed by atoms with Crippen LogP contribution in [0.3, 0.4) is 0 Å². The third-order valence-corrected chi connectivity index (χ3v) is 2.72. The molecule has 0 radical (unpaired) electrons. The Morgan fingerprint density at radius 3 is 2.45 bits per heavy atom. The SMILES string of the molecule is CC.CN=C(/C(C)=C\N)c1cc(Cl)cc(OC(F)F)c1C#N. The Bertz CT molecular complexity index is 608. The van der Waals surface area contributed by atoms with Crippen LogP contribution in [0.4, 0.5) is 8.78 Å². The van der Waals surface area contributed by atoms with Crippen molar-refractivity contribution in [1.82, 2.24) is 0 Å². The number of benzene rings is 1. The van der Waals surface area contributed by atoms with E-state index in [4.69, 9.17) is 17.3 Å². The highest BCUT2D eigenvalue weighted by atomic mass is 35.5. The lowest BCUT2D eigenvalue weighted by Crippen LogP contribution is -2.10. The zero-order valence-corrected chi connectivity index (χ0v) is 13.6. The summed E-state index contributed by atoms with van der Waals surface area (Å²) < 4.78 is 29.1. The molecule has 0 fully saturated rings. The molecule has 0 heterocycles. The van der Waals surface area contributed by atoms with Crippen LogP contribution in [0, 0.1) is 11.3 Å². The molecule has 1 aromatic rings. The summed E-state index contributed by atoms with van der Waals surface area (Å²) in [4.78, 5) is 4.01. The lowest BCUT2D eigenvalue weighted by molar-refractivity contribution is -0.0500. The van der Waals surface area contributed by atoms with E-state index < -0.39 is 6.61 Å². The van der Waals surface area contributed by atoms with Crippen molar-refractivity contribution in [3.05, 3.63) is 40.1 Å². The summed E-state index contributed by atoms with van der Waals surface area (Å²) in [7, 11) is 1.50. The third-order valence-electron chi connectivity index (χ3n) is 2.50. The highest BCUT2D eigenvalue weighted by molar-refractivity contribution is 6.31. The summed E-state index contributed by atoms with van der Waals surface area (Å²) >= 11 is 5.87. The second-order valence-corrected chi connectivity index (χ2v) is 4.18. The maximum Gasteiger partial charge on any atom is 0.387 e. The van der Waals surface area contributed by atoms with Crippen LogP contribution >= 0.6 is 11.6 Å². The number of aliphatic imine (C=N–C) groups is 1. The number of allylic oxidation sites excluding steroid dienone is 1. The van der Waals surface area contributed by atoms with Gasteiger partial charge in [0.05, 0.1) is 5.71 Å². The van der Waals surface area contributed by atoms with E-state index in [1.54, 1.807) is 6.92 Å². The molecule has 0 aromatic heterocycles. The van der Waals surface area contributed by atoms with E-state index >= 15 is 0 Å². The molecular weight excluding hydrogens is 312 g/mol. The first-order valence-electron chi connectivity index (χ1n) is 6.49. The van der Waals surface area contributed by atoms with Gasteiger partial charge in [-0.15, -0.1) is 0 Å². The molecule has 7 heteroatoms. The average Bonchev–Trinajstić information content (AvgIpc) is 2.49. The molecule has 0 atom stereocenters. The summed E-state index contributed by atoms with van der Waals surface area (Å²) in [6.45, 7) is 2.62. The summed E-state index contributed by atoms with van der Waals surface area (Å²) in [6, 6.07) is 4.43. The number of rotatable bonds is 4. The molecule has 120 valence electrons. The van der Waals surface area contributed by atoms with Gasteiger partial charge in [0.2, 0.25) is 0 Å². The van der Waals surface area contributed by atoms with Crippen molar-refractivity contribution in [2.24, 2.45) is 10.7 Å². The van der Waals surface area contributed by atoms with E-state index in [2.05, 4.69) is 9.73 Å². The van der Waals surface area contributed by atoms with Gasteiger partial charge in [-0.2, -0.15) is 14.0 Å². The van der Waals surface area contributed by atoms with Gasteiger partial charge < -0.3 is 10.5 Å². The van der Waals surface area contributed by atoms with E-state index in [1.165, 1.54) is 19.3 Å². The number of nitrogens with zero attached hydrogens (tertiary/aromatic N) is 2. The summed E-state index contributed by atoms with van der Waals surface area (Å²) in [5.41, 5.74) is 6.60. The average molecular weight is 330 g/mol. The van der Waals surface area contributed by atoms with Crippen molar-refractivity contribution in [1.29, 1.82) is 5.26 Å². The molecule has 0 unspecified atom stereocenters. The maximum absolute atomic E-state index is 12.4. The topological polar surface area (TPSA) is 71.4 Å². The molecule has 0 aliphatic carbocycles. The fourth-order valence-electron chi connectivity index (χ4n) is 1.66. The van der Waals surface area contributed by atoms with Gasteiger partial charge in [-0.3, -0.25) is 4.99 Å². The van der Waals surface area contributed by atoms with Gasteiger partial charge in [0.1, 0.15) is 17.4 Å². The highest BCUT2D eigenvalue weighted by Gasteiger charge is 2.19. The van der Waals surface area contributed by atoms with E-state index in [-0.39, 0.29) is 21.9 Å². The van der Waals surface area contributed by atoms with Crippen LogP contribution in [0.15, 0.2) is 28.9 Å². The molecule has 0 aliphatic heterocycles. The normalized spacial score (nSPS) is 11.6. The predicted molar refractivity (Wildman–Crippen MR) is 84.6 cm³/mol. The summed E-state index contributed by atoms with van der Waals surface area (Å²) in [5.74, 6) is -0.295. The van der Waals surface area contributed by atoms with Gasteiger partial charge in [-0.05, 0) is 24.8 Å². The quantitative estimate of drug-likeness (QED) is 0.844. The van der Waals surface area contributed by atoms with Gasteiger partial charge in [-0.25, -0.2) is 0 Å². The molecular formula is C15H18ClF2N3O. The van der Waals surface area contributed by atoms with Crippen molar-refractivity contribution in [2.45, 2.75) is 27.4 Å². The standard InChI is InChI=1S/C13H12ClF2N3O.C2H6/c1-7(5-17)12(19-2)9-3-8(14)4-11(10(9)6-18)20-13(15)16;1-2/h3-5,13H,17H2,1-2H3;1-2H3/b7-5-,19-12?;. The first-order chi connectivity index (χ1) is 10.4. The summed E-state index contributed by atoms with van der Waals surface area (Å²) in [5, 5.41) is 9.33. The van der Waals surface area contributed by atoms with Gasteiger partial charge in [0.25, 0.3) is 0 Å². The fraction of sp³-hybridized carbons (Fsp3) is 0.333. The third kappa shape index (κ3) is 5.01. The van der Waals surface area contributed by atoms with Crippen LogP contribution < -0.4 is 10.5 Å². The van der Waals surface area contributed by atoms with Gasteiger partial charge in [-0.1, -0.05) is 25.4 Å². The Hall–Kier alpha value is -2.13. The molecule has 2 N–H and O–H groups in total. The molecule has 0 aliphatic rings. The van der Waals surface area contributed by atoms with E-state index in [1.807, 2.05) is 19.9 Å². The molecule has 22 heavy (non-hydrogen) atoms. The van der Waals surface area contributed by atoms with Crippen LogP contribution in [0.25, 0.3) is 0 Å². The second-order valence-electron chi connectivity index (χ2n) is 3.74. The summed E-state index contributed by atoms with van der Waals surface area (Å²) in [6.07, 6.45) is 1.30. The first kappa shape index (κ1) is 19.9. The van der Waals surface area contributed by atoms with Crippen molar-refractivity contribution < 1.29 is 13.5 Å². The monoisotopic (exact) mass is 329 g/mol. The zero-order valence-electron chi connectivity index (χ0n) is 12.8. The number of hydrogen-bond acceptors (Lipinski definition) is 4. The van der Waals surface area contributed by atoms with Crippen LogP contribution in [0.2, 0.25) is 5.02 Å². The predicted octanol–water partition coefficient (Wildman–Crippen LogP) is 4.12. The highest BCUT2D eigenvalue weighted by Crippen LogP contribution is 2.30. The van der Waals surface area contributed by atoms with Crippen LogP contribution in [-0.4, -0.2) is 19.4 Å². The van der Waals surface area contributed by atoms with Crippen LogP contribution in [-0.2, 0) is 0 Å². The first-order valence-corrected chi connectivity index (χ1v) is 6.86. The van der Waals surface area contributed by atoms with Crippen LogP contribution in [0.5, 0.6) is 5.75 Å². The number of nitriles is 1. The van der Waals surface area contributed by atoms with Crippen molar-refractivity contribution in [2.75, 3.05) is 7.05 Å². The Balaban J connectivity index is 0.00000211. The number of nitrogens with two attached hydrogens (primary N) is 1. The maximum atomic E-state index is 12.4. The smallest absolute Gasteiger partial charge is 0.387 e. The Morgan fingerprint density at radius 2 is 2.05 bits per heavy atom. The number of halogens is 3. The van der Waals surface area contributed by atoms with Crippen molar-refractivity contribution in [3.63, 3.8) is 0 Å². The fourth-order valence-corrected chi connectivity index (χ4v) is 1.87. The number of ether oxygens (including phenoxy) is 1. The van der Waals surface area contributed by atoms with E-state index in [9.17, 15) is 14.0 Å². The zero-order chi connectivity index (χ0) is 17.3. The van der Waals surface area contributed by atoms with E-state index in [0.717, 1.165) is 6.07 Å². The van der Waals surface area contributed by atoms with Gasteiger partial charge in [0, 0.05) is 23.7 Å². The minimum Gasteiger partial charge on any atom is -0.433 e. The number of alkyl halides is 2.